The number of aliphatic hydroxyl groups excluding tert-OH is 1. The Morgan fingerprint density at radius 3 is 2.65 bits per heavy atom. The number of aromatic nitrogens is 1. The van der Waals surface area contributed by atoms with Crippen molar-refractivity contribution in [3.63, 3.8) is 0 Å². The summed E-state index contributed by atoms with van der Waals surface area (Å²) in [7, 11) is 0. The summed E-state index contributed by atoms with van der Waals surface area (Å²) in [5.74, 6) is -1.43. The van der Waals surface area contributed by atoms with E-state index < -0.39 is 17.7 Å². The molecule has 100 valence electrons. The van der Waals surface area contributed by atoms with E-state index in [0.29, 0.717) is 11.1 Å². The maximum Gasteiger partial charge on any atom is 0.132 e. The highest BCUT2D eigenvalue weighted by Gasteiger charge is 2.16. The number of halogens is 2. The van der Waals surface area contributed by atoms with E-state index in [1.54, 1.807) is 18.3 Å². The molecule has 1 aromatic heterocycles. The molecular weight excluding hydrogens is 260 g/mol. The Kier molecular flexibility index (Phi) is 3.16. The van der Waals surface area contributed by atoms with Crippen LogP contribution in [0.2, 0.25) is 0 Å². The van der Waals surface area contributed by atoms with E-state index in [9.17, 15) is 13.9 Å². The molecule has 0 aliphatic heterocycles. The first-order valence-electron chi connectivity index (χ1n) is 6.13. The molecule has 2 aromatic carbocycles. The van der Waals surface area contributed by atoms with Gasteiger partial charge in [0.05, 0.1) is 5.52 Å². The van der Waals surface area contributed by atoms with E-state index in [1.807, 2.05) is 18.2 Å². The molecule has 0 spiro atoms. The third-order valence-corrected chi connectivity index (χ3v) is 3.20. The zero-order chi connectivity index (χ0) is 14.1. The maximum absolute atomic E-state index is 13.7. The fourth-order valence-electron chi connectivity index (χ4n) is 2.16. The first-order valence-corrected chi connectivity index (χ1v) is 6.13. The van der Waals surface area contributed by atoms with Crippen LogP contribution in [0.15, 0.2) is 54.7 Å². The van der Waals surface area contributed by atoms with Gasteiger partial charge in [0.2, 0.25) is 0 Å². The van der Waals surface area contributed by atoms with E-state index in [1.165, 1.54) is 6.07 Å². The zero-order valence-electron chi connectivity index (χ0n) is 10.4. The normalized spacial score (nSPS) is 12.6. The number of hydrogen-bond donors (Lipinski definition) is 1. The summed E-state index contributed by atoms with van der Waals surface area (Å²) >= 11 is 0. The van der Waals surface area contributed by atoms with Gasteiger partial charge >= 0.3 is 0 Å². The van der Waals surface area contributed by atoms with Gasteiger partial charge in [0.25, 0.3) is 0 Å². The number of benzene rings is 2. The van der Waals surface area contributed by atoms with Gasteiger partial charge in [0.15, 0.2) is 0 Å². The van der Waals surface area contributed by atoms with Gasteiger partial charge in [0, 0.05) is 23.2 Å². The lowest BCUT2D eigenvalue weighted by molar-refractivity contribution is 0.215. The van der Waals surface area contributed by atoms with Crippen LogP contribution >= 0.6 is 0 Å². The second-order valence-electron chi connectivity index (χ2n) is 4.52. The largest absolute Gasteiger partial charge is 0.384 e. The molecule has 0 radical (unpaired) electrons. The van der Waals surface area contributed by atoms with Crippen molar-refractivity contribution in [3.8, 4) is 0 Å². The summed E-state index contributed by atoms with van der Waals surface area (Å²) in [6.45, 7) is 0. The molecule has 0 saturated carbocycles. The van der Waals surface area contributed by atoms with Crippen LogP contribution in [-0.4, -0.2) is 10.1 Å². The summed E-state index contributed by atoms with van der Waals surface area (Å²) in [4.78, 5) is 4.19. The summed E-state index contributed by atoms with van der Waals surface area (Å²) in [5.41, 5.74) is 1.27. The third kappa shape index (κ3) is 2.26. The Balaban J connectivity index is 2.05. The van der Waals surface area contributed by atoms with Crippen LogP contribution in [0.3, 0.4) is 0 Å². The second-order valence-corrected chi connectivity index (χ2v) is 4.52. The Labute approximate surface area is 114 Å². The molecule has 1 unspecified atom stereocenters. The third-order valence-electron chi connectivity index (χ3n) is 3.20. The molecule has 3 aromatic rings. The van der Waals surface area contributed by atoms with Crippen LogP contribution < -0.4 is 0 Å². The van der Waals surface area contributed by atoms with Crippen molar-refractivity contribution in [2.24, 2.45) is 0 Å². The van der Waals surface area contributed by atoms with Crippen molar-refractivity contribution in [3.05, 3.63) is 77.5 Å². The first kappa shape index (κ1) is 12.7. The van der Waals surface area contributed by atoms with Crippen LogP contribution in [0.5, 0.6) is 0 Å². The highest BCUT2D eigenvalue weighted by Crippen LogP contribution is 2.26. The van der Waals surface area contributed by atoms with E-state index in [2.05, 4.69) is 4.98 Å². The average molecular weight is 271 g/mol. The molecule has 0 amide bonds. The van der Waals surface area contributed by atoms with Gasteiger partial charge in [-0.15, -0.1) is 0 Å². The van der Waals surface area contributed by atoms with E-state index in [4.69, 9.17) is 0 Å². The lowest BCUT2D eigenvalue weighted by Crippen LogP contribution is -2.03. The van der Waals surface area contributed by atoms with Gasteiger partial charge < -0.3 is 5.11 Å². The molecule has 4 heteroatoms. The van der Waals surface area contributed by atoms with Crippen LogP contribution in [0.4, 0.5) is 8.78 Å². The van der Waals surface area contributed by atoms with Crippen LogP contribution in [0.1, 0.15) is 17.2 Å². The summed E-state index contributed by atoms with van der Waals surface area (Å²) in [6, 6.07) is 12.1. The smallest absolute Gasteiger partial charge is 0.132 e. The molecule has 1 heterocycles. The minimum Gasteiger partial charge on any atom is -0.384 e. The number of rotatable bonds is 2. The molecule has 0 bridgehead atoms. The lowest BCUT2D eigenvalue weighted by atomic mass is 9.99. The van der Waals surface area contributed by atoms with Crippen molar-refractivity contribution in [2.75, 3.05) is 0 Å². The number of fused-ring (bicyclic) bond motifs is 1. The van der Waals surface area contributed by atoms with E-state index >= 15 is 0 Å². The van der Waals surface area contributed by atoms with Crippen molar-refractivity contribution in [1.29, 1.82) is 0 Å². The molecule has 1 N–H and O–H groups in total. The van der Waals surface area contributed by atoms with E-state index in [0.717, 1.165) is 17.5 Å². The SMILES string of the molecule is OC(c1ccc2cccnc2c1)c1ccc(F)cc1F. The Hall–Kier alpha value is -2.33. The Morgan fingerprint density at radius 1 is 1.00 bits per heavy atom. The number of aliphatic hydroxyl groups is 1. The van der Waals surface area contributed by atoms with Crippen LogP contribution in [0, 0.1) is 11.6 Å². The fourth-order valence-corrected chi connectivity index (χ4v) is 2.16. The fraction of sp³-hybridized carbons (Fsp3) is 0.0625. The molecule has 3 rings (SSSR count). The Bertz CT molecular complexity index is 773. The minimum atomic E-state index is -1.15. The van der Waals surface area contributed by atoms with E-state index in [-0.39, 0.29) is 5.56 Å². The van der Waals surface area contributed by atoms with Gasteiger partial charge in [-0.05, 0) is 23.8 Å². The van der Waals surface area contributed by atoms with Gasteiger partial charge in [-0.25, -0.2) is 8.78 Å². The Morgan fingerprint density at radius 2 is 1.85 bits per heavy atom. The van der Waals surface area contributed by atoms with Gasteiger partial charge in [0.1, 0.15) is 17.7 Å². The molecular formula is C16H11F2NO. The summed E-state index contributed by atoms with van der Waals surface area (Å²) < 4.78 is 26.6. The summed E-state index contributed by atoms with van der Waals surface area (Å²) in [6.07, 6.45) is 0.499. The zero-order valence-corrected chi connectivity index (χ0v) is 10.4. The maximum atomic E-state index is 13.7. The first-order chi connectivity index (χ1) is 9.65. The standard InChI is InChI=1S/C16H11F2NO/c17-12-5-6-13(14(18)9-12)16(20)11-4-3-10-2-1-7-19-15(10)8-11/h1-9,16,20H. The quantitative estimate of drug-likeness (QED) is 0.772. The molecule has 1 atom stereocenters. The van der Waals surface area contributed by atoms with Crippen molar-refractivity contribution < 1.29 is 13.9 Å². The monoisotopic (exact) mass is 271 g/mol. The highest BCUT2D eigenvalue weighted by atomic mass is 19.1. The molecule has 0 aliphatic rings. The molecule has 20 heavy (non-hydrogen) atoms. The van der Waals surface area contributed by atoms with Crippen LogP contribution in [0.25, 0.3) is 10.9 Å². The van der Waals surface area contributed by atoms with Gasteiger partial charge in [-0.1, -0.05) is 24.3 Å². The molecule has 0 fully saturated rings. The molecule has 0 aliphatic carbocycles. The summed E-state index contributed by atoms with van der Waals surface area (Å²) in [5, 5.41) is 11.2. The van der Waals surface area contributed by atoms with Gasteiger partial charge in [-0.2, -0.15) is 0 Å². The molecule has 0 saturated heterocycles. The second kappa shape index (κ2) is 4.98. The van der Waals surface area contributed by atoms with Crippen LogP contribution in [-0.2, 0) is 0 Å². The average Bonchev–Trinajstić information content (AvgIpc) is 2.46. The highest BCUT2D eigenvalue weighted by molar-refractivity contribution is 5.79. The number of pyridine rings is 1. The number of hydrogen-bond acceptors (Lipinski definition) is 2. The van der Waals surface area contributed by atoms with Crippen molar-refractivity contribution in [2.45, 2.75) is 6.10 Å². The predicted octanol–water partition coefficient (Wildman–Crippen LogP) is 3.59. The van der Waals surface area contributed by atoms with Gasteiger partial charge in [-0.3, -0.25) is 4.98 Å². The lowest BCUT2D eigenvalue weighted by Gasteiger charge is -2.13. The minimum absolute atomic E-state index is 0.0432. The topological polar surface area (TPSA) is 33.1 Å². The predicted molar refractivity (Wildman–Crippen MR) is 72.2 cm³/mol. The number of nitrogens with zero attached hydrogens (tertiary/aromatic N) is 1. The van der Waals surface area contributed by atoms with Crippen molar-refractivity contribution in [1.82, 2.24) is 4.98 Å². The molecule has 2 nitrogen and oxygen atoms in total. The van der Waals surface area contributed by atoms with Crippen molar-refractivity contribution >= 4 is 10.9 Å².